The van der Waals surface area contributed by atoms with Crippen LogP contribution in [0.4, 0.5) is 4.39 Å². The van der Waals surface area contributed by atoms with Gasteiger partial charge in [0.25, 0.3) is 0 Å². The highest BCUT2D eigenvalue weighted by atomic mass is 19.1. The van der Waals surface area contributed by atoms with E-state index in [1.165, 1.54) is 37.8 Å². The number of halogens is 1. The van der Waals surface area contributed by atoms with Gasteiger partial charge in [0.15, 0.2) is 12.6 Å². The summed E-state index contributed by atoms with van der Waals surface area (Å²) in [5, 5.41) is 0. The molecule has 1 aromatic rings. The standard InChI is InChI=1S/C19H27FO4/c1-2-3-4-5-14-10-21-19(22-11-14)16-12-23-18(24-13-16)15-6-8-17(20)9-7-15/h6-9,14,16,18-19H,2-5,10-13H2,1H3. The predicted octanol–water partition coefficient (Wildman–Crippen LogP) is 4.06. The van der Waals surface area contributed by atoms with E-state index < -0.39 is 6.29 Å². The van der Waals surface area contributed by atoms with E-state index >= 15 is 0 Å². The third-order valence-electron chi connectivity index (χ3n) is 4.66. The second kappa shape index (κ2) is 8.90. The smallest absolute Gasteiger partial charge is 0.183 e. The minimum absolute atomic E-state index is 0.0818. The third-order valence-corrected chi connectivity index (χ3v) is 4.66. The van der Waals surface area contributed by atoms with Crippen LogP contribution in [0.3, 0.4) is 0 Å². The molecule has 0 N–H and O–H groups in total. The number of rotatable bonds is 6. The fourth-order valence-corrected chi connectivity index (χ4v) is 3.17. The summed E-state index contributed by atoms with van der Waals surface area (Å²) in [5.74, 6) is 0.327. The molecule has 24 heavy (non-hydrogen) atoms. The van der Waals surface area contributed by atoms with E-state index in [0.29, 0.717) is 19.1 Å². The molecule has 0 aromatic heterocycles. The Hall–Kier alpha value is -1.01. The fraction of sp³-hybridized carbons (Fsp3) is 0.684. The van der Waals surface area contributed by atoms with Crippen LogP contribution in [0.5, 0.6) is 0 Å². The molecule has 0 amide bonds. The van der Waals surface area contributed by atoms with E-state index in [2.05, 4.69) is 6.92 Å². The Morgan fingerprint density at radius 2 is 1.58 bits per heavy atom. The van der Waals surface area contributed by atoms with Crippen molar-refractivity contribution in [1.82, 2.24) is 0 Å². The molecule has 2 aliphatic heterocycles. The second-order valence-electron chi connectivity index (χ2n) is 6.71. The highest BCUT2D eigenvalue weighted by molar-refractivity contribution is 5.17. The van der Waals surface area contributed by atoms with Crippen LogP contribution in [0.2, 0.25) is 0 Å². The van der Waals surface area contributed by atoms with Crippen molar-refractivity contribution in [1.29, 1.82) is 0 Å². The molecule has 0 spiro atoms. The Morgan fingerprint density at radius 1 is 0.917 bits per heavy atom. The Balaban J connectivity index is 1.40. The number of unbranched alkanes of at least 4 members (excludes halogenated alkanes) is 2. The molecule has 0 atom stereocenters. The van der Waals surface area contributed by atoms with Gasteiger partial charge in [-0.15, -0.1) is 0 Å². The first-order chi connectivity index (χ1) is 11.8. The Bertz CT molecular complexity index is 477. The maximum Gasteiger partial charge on any atom is 0.183 e. The molecule has 134 valence electrons. The average molecular weight is 338 g/mol. The zero-order valence-electron chi connectivity index (χ0n) is 14.3. The summed E-state index contributed by atoms with van der Waals surface area (Å²) in [6.07, 6.45) is 4.24. The highest BCUT2D eigenvalue weighted by Gasteiger charge is 2.33. The van der Waals surface area contributed by atoms with Gasteiger partial charge in [-0.2, -0.15) is 0 Å². The normalized spacial score (nSPS) is 31.1. The van der Waals surface area contributed by atoms with Gasteiger partial charge in [0.2, 0.25) is 0 Å². The van der Waals surface area contributed by atoms with Gasteiger partial charge >= 0.3 is 0 Å². The molecule has 2 heterocycles. The predicted molar refractivity (Wildman–Crippen MR) is 87.9 cm³/mol. The lowest BCUT2D eigenvalue weighted by molar-refractivity contribution is -0.283. The zero-order valence-corrected chi connectivity index (χ0v) is 14.3. The van der Waals surface area contributed by atoms with Crippen molar-refractivity contribution < 1.29 is 23.3 Å². The lowest BCUT2D eigenvalue weighted by atomic mass is 10.0. The summed E-state index contributed by atoms with van der Waals surface area (Å²) in [4.78, 5) is 0. The minimum atomic E-state index is -0.438. The number of hydrogen-bond acceptors (Lipinski definition) is 4. The lowest BCUT2D eigenvalue weighted by Gasteiger charge is -2.37. The van der Waals surface area contributed by atoms with Crippen molar-refractivity contribution in [2.24, 2.45) is 11.8 Å². The van der Waals surface area contributed by atoms with Crippen molar-refractivity contribution in [2.75, 3.05) is 26.4 Å². The number of hydrogen-bond donors (Lipinski definition) is 0. The SMILES string of the molecule is CCCCCC1COC(C2COC(c3ccc(F)cc3)OC2)OC1. The molecule has 5 heteroatoms. The first-order valence-corrected chi connectivity index (χ1v) is 8.98. The Labute approximate surface area is 143 Å². The maximum absolute atomic E-state index is 13.0. The number of ether oxygens (including phenoxy) is 4. The first kappa shape index (κ1) is 17.8. The molecule has 0 saturated carbocycles. The van der Waals surface area contributed by atoms with Crippen LogP contribution < -0.4 is 0 Å². The summed E-state index contributed by atoms with van der Waals surface area (Å²) in [6, 6.07) is 6.21. The van der Waals surface area contributed by atoms with Gasteiger partial charge in [0.05, 0.1) is 32.3 Å². The first-order valence-electron chi connectivity index (χ1n) is 8.98. The molecular formula is C19H27FO4. The number of benzene rings is 1. The second-order valence-corrected chi connectivity index (χ2v) is 6.71. The fourth-order valence-electron chi connectivity index (χ4n) is 3.17. The molecule has 2 aliphatic rings. The largest absolute Gasteiger partial charge is 0.352 e. The van der Waals surface area contributed by atoms with Crippen LogP contribution in [0.15, 0.2) is 24.3 Å². The van der Waals surface area contributed by atoms with Gasteiger partial charge in [0.1, 0.15) is 5.82 Å². The zero-order chi connectivity index (χ0) is 16.8. The van der Waals surface area contributed by atoms with Crippen molar-refractivity contribution in [3.05, 3.63) is 35.6 Å². The summed E-state index contributed by atoms with van der Waals surface area (Å²) >= 11 is 0. The topological polar surface area (TPSA) is 36.9 Å². The molecule has 3 rings (SSSR count). The Kier molecular flexibility index (Phi) is 6.60. The molecule has 0 radical (unpaired) electrons. The molecule has 0 aliphatic carbocycles. The highest BCUT2D eigenvalue weighted by Crippen LogP contribution is 2.29. The van der Waals surface area contributed by atoms with Crippen molar-refractivity contribution in [3.63, 3.8) is 0 Å². The Morgan fingerprint density at radius 3 is 2.21 bits per heavy atom. The summed E-state index contributed by atoms with van der Waals surface area (Å²) in [7, 11) is 0. The van der Waals surface area contributed by atoms with Crippen molar-refractivity contribution in [2.45, 2.75) is 45.2 Å². The van der Waals surface area contributed by atoms with Gasteiger partial charge in [0, 0.05) is 11.5 Å². The van der Waals surface area contributed by atoms with E-state index in [9.17, 15) is 4.39 Å². The minimum Gasteiger partial charge on any atom is -0.352 e. The van der Waals surface area contributed by atoms with E-state index in [0.717, 1.165) is 18.8 Å². The van der Waals surface area contributed by atoms with Crippen molar-refractivity contribution in [3.8, 4) is 0 Å². The van der Waals surface area contributed by atoms with Gasteiger partial charge in [-0.05, 0) is 18.6 Å². The maximum atomic E-state index is 13.0. The van der Waals surface area contributed by atoms with Crippen LogP contribution in [0.25, 0.3) is 0 Å². The van der Waals surface area contributed by atoms with E-state index in [1.54, 1.807) is 12.1 Å². The molecule has 0 unspecified atom stereocenters. The van der Waals surface area contributed by atoms with E-state index in [1.807, 2.05) is 0 Å². The average Bonchev–Trinajstić information content (AvgIpc) is 2.63. The van der Waals surface area contributed by atoms with Crippen LogP contribution in [-0.2, 0) is 18.9 Å². The van der Waals surface area contributed by atoms with E-state index in [4.69, 9.17) is 18.9 Å². The third kappa shape index (κ3) is 4.76. The lowest BCUT2D eigenvalue weighted by Crippen LogP contribution is -2.43. The van der Waals surface area contributed by atoms with Gasteiger partial charge in [-0.3, -0.25) is 0 Å². The monoisotopic (exact) mass is 338 g/mol. The van der Waals surface area contributed by atoms with Gasteiger partial charge < -0.3 is 18.9 Å². The molecular weight excluding hydrogens is 311 g/mol. The van der Waals surface area contributed by atoms with Crippen LogP contribution in [0.1, 0.15) is 44.5 Å². The molecule has 1 aromatic carbocycles. The van der Waals surface area contributed by atoms with Crippen LogP contribution >= 0.6 is 0 Å². The van der Waals surface area contributed by atoms with Gasteiger partial charge in [-0.1, -0.05) is 38.3 Å². The molecule has 2 saturated heterocycles. The molecule has 4 nitrogen and oxygen atoms in total. The van der Waals surface area contributed by atoms with Gasteiger partial charge in [-0.25, -0.2) is 4.39 Å². The summed E-state index contributed by atoms with van der Waals surface area (Å²) in [5.41, 5.74) is 0.830. The van der Waals surface area contributed by atoms with Crippen LogP contribution in [0, 0.1) is 17.7 Å². The molecule has 0 bridgehead atoms. The van der Waals surface area contributed by atoms with Crippen molar-refractivity contribution >= 4 is 0 Å². The quantitative estimate of drug-likeness (QED) is 0.733. The van der Waals surface area contributed by atoms with Crippen LogP contribution in [-0.4, -0.2) is 32.7 Å². The van der Waals surface area contributed by atoms with E-state index in [-0.39, 0.29) is 18.0 Å². The summed E-state index contributed by atoms with van der Waals surface area (Å²) in [6.45, 7) is 4.77. The molecule has 2 fully saturated rings. The summed E-state index contributed by atoms with van der Waals surface area (Å²) < 4.78 is 36.3.